The summed E-state index contributed by atoms with van der Waals surface area (Å²) in [5.41, 5.74) is 1.07. The topological polar surface area (TPSA) is 49.4 Å². The van der Waals surface area contributed by atoms with Gasteiger partial charge in [-0.25, -0.2) is 0 Å². The van der Waals surface area contributed by atoms with Crippen LogP contribution in [0.15, 0.2) is 30.3 Å². The third kappa shape index (κ3) is 2.80. The molecule has 0 aromatic heterocycles. The monoisotopic (exact) mass is 286 g/mol. The summed E-state index contributed by atoms with van der Waals surface area (Å²) < 4.78 is 0. The minimum absolute atomic E-state index is 0.0201. The maximum Gasteiger partial charge on any atom is 0.246 e. The van der Waals surface area contributed by atoms with E-state index in [1.165, 1.54) is 0 Å². The number of nitrogens with one attached hydrogen (secondary N) is 1. The first-order valence-corrected chi connectivity index (χ1v) is 7.74. The average molecular weight is 286 g/mol. The fourth-order valence-corrected chi connectivity index (χ4v) is 3.18. The minimum atomic E-state index is -0.433. The smallest absolute Gasteiger partial charge is 0.246 e. The SMILES string of the molecule is CC(C)N1C(=O)C(Cc2ccccc2)NC(=O)C1C1CC1. The van der Waals surface area contributed by atoms with Gasteiger partial charge in [-0.2, -0.15) is 0 Å². The van der Waals surface area contributed by atoms with E-state index >= 15 is 0 Å². The Bertz CT molecular complexity index is 537. The van der Waals surface area contributed by atoms with E-state index in [0.29, 0.717) is 12.3 Å². The summed E-state index contributed by atoms with van der Waals surface area (Å²) >= 11 is 0. The fraction of sp³-hybridized carbons (Fsp3) is 0.529. The van der Waals surface area contributed by atoms with Crippen molar-refractivity contribution >= 4 is 11.8 Å². The van der Waals surface area contributed by atoms with Crippen LogP contribution in [0.3, 0.4) is 0 Å². The van der Waals surface area contributed by atoms with Gasteiger partial charge in [0.25, 0.3) is 0 Å². The van der Waals surface area contributed by atoms with Crippen molar-refractivity contribution in [1.29, 1.82) is 0 Å². The molecule has 2 aliphatic rings. The van der Waals surface area contributed by atoms with E-state index in [2.05, 4.69) is 5.32 Å². The first-order chi connectivity index (χ1) is 10.1. The predicted octanol–water partition coefficient (Wildman–Crippen LogP) is 1.74. The molecule has 1 saturated carbocycles. The second kappa shape index (κ2) is 5.51. The van der Waals surface area contributed by atoms with Gasteiger partial charge < -0.3 is 10.2 Å². The van der Waals surface area contributed by atoms with E-state index in [1.54, 1.807) is 0 Å². The molecule has 1 saturated heterocycles. The van der Waals surface area contributed by atoms with Crippen molar-refractivity contribution in [2.75, 3.05) is 0 Å². The van der Waals surface area contributed by atoms with Crippen LogP contribution in [0.4, 0.5) is 0 Å². The zero-order chi connectivity index (χ0) is 15.0. The van der Waals surface area contributed by atoms with Gasteiger partial charge in [0.2, 0.25) is 11.8 Å². The minimum Gasteiger partial charge on any atom is -0.342 e. The maximum atomic E-state index is 12.8. The lowest BCUT2D eigenvalue weighted by molar-refractivity contribution is -0.152. The number of benzene rings is 1. The molecule has 1 aromatic rings. The number of piperazine rings is 1. The van der Waals surface area contributed by atoms with E-state index in [4.69, 9.17) is 0 Å². The molecule has 0 spiro atoms. The molecule has 2 atom stereocenters. The van der Waals surface area contributed by atoms with Gasteiger partial charge >= 0.3 is 0 Å². The Hall–Kier alpha value is -1.84. The number of rotatable bonds is 4. The van der Waals surface area contributed by atoms with Crippen LogP contribution >= 0.6 is 0 Å². The highest BCUT2D eigenvalue weighted by Gasteiger charge is 2.48. The van der Waals surface area contributed by atoms with Crippen molar-refractivity contribution in [3.05, 3.63) is 35.9 Å². The third-order valence-corrected chi connectivity index (χ3v) is 4.34. The molecule has 2 fully saturated rings. The first-order valence-electron chi connectivity index (χ1n) is 7.74. The molecule has 4 heteroatoms. The number of amides is 2. The van der Waals surface area contributed by atoms with Crippen molar-refractivity contribution < 1.29 is 9.59 Å². The Morgan fingerprint density at radius 3 is 2.43 bits per heavy atom. The van der Waals surface area contributed by atoms with E-state index in [1.807, 2.05) is 49.1 Å². The summed E-state index contributed by atoms with van der Waals surface area (Å²) in [4.78, 5) is 27.0. The van der Waals surface area contributed by atoms with E-state index < -0.39 is 6.04 Å². The molecular formula is C17H22N2O2. The molecule has 1 aromatic carbocycles. The summed E-state index contributed by atoms with van der Waals surface area (Å²) in [5, 5.41) is 2.94. The Labute approximate surface area is 125 Å². The van der Waals surface area contributed by atoms with Crippen LogP contribution in [-0.2, 0) is 16.0 Å². The van der Waals surface area contributed by atoms with E-state index in [0.717, 1.165) is 18.4 Å². The number of hydrogen-bond donors (Lipinski definition) is 1. The molecule has 2 unspecified atom stereocenters. The van der Waals surface area contributed by atoms with Crippen LogP contribution in [-0.4, -0.2) is 34.8 Å². The van der Waals surface area contributed by atoms with Crippen LogP contribution in [0, 0.1) is 5.92 Å². The Kier molecular flexibility index (Phi) is 3.70. The van der Waals surface area contributed by atoms with E-state index in [9.17, 15) is 9.59 Å². The second-order valence-corrected chi connectivity index (χ2v) is 6.37. The standard InChI is InChI=1S/C17H22N2O2/c1-11(2)19-15(13-8-9-13)16(20)18-14(17(19)21)10-12-6-4-3-5-7-12/h3-7,11,13-15H,8-10H2,1-2H3,(H,18,20). The lowest BCUT2D eigenvalue weighted by Gasteiger charge is -2.41. The van der Waals surface area contributed by atoms with Crippen LogP contribution in [0.5, 0.6) is 0 Å². The van der Waals surface area contributed by atoms with Crippen molar-refractivity contribution in [1.82, 2.24) is 10.2 Å². The molecule has 112 valence electrons. The van der Waals surface area contributed by atoms with Crippen LogP contribution in [0.2, 0.25) is 0 Å². The normalized spacial score (nSPS) is 26.1. The Morgan fingerprint density at radius 2 is 1.86 bits per heavy atom. The van der Waals surface area contributed by atoms with Gasteiger partial charge in [0.15, 0.2) is 0 Å². The summed E-state index contributed by atoms with van der Waals surface area (Å²) in [6, 6.07) is 9.22. The highest BCUT2D eigenvalue weighted by atomic mass is 16.2. The lowest BCUT2D eigenvalue weighted by Crippen LogP contribution is -2.66. The largest absolute Gasteiger partial charge is 0.342 e. The quantitative estimate of drug-likeness (QED) is 0.916. The summed E-state index contributed by atoms with van der Waals surface area (Å²) in [5.74, 6) is 0.436. The van der Waals surface area contributed by atoms with Crippen LogP contribution in [0.25, 0.3) is 0 Å². The number of hydrogen-bond acceptors (Lipinski definition) is 2. The molecule has 1 heterocycles. The number of nitrogens with zero attached hydrogens (tertiary/aromatic N) is 1. The predicted molar refractivity (Wildman–Crippen MR) is 80.6 cm³/mol. The van der Waals surface area contributed by atoms with Gasteiger partial charge in [0, 0.05) is 12.5 Å². The molecule has 1 aliphatic heterocycles. The van der Waals surface area contributed by atoms with Crippen LogP contribution in [0.1, 0.15) is 32.3 Å². The van der Waals surface area contributed by atoms with Gasteiger partial charge in [-0.05, 0) is 38.2 Å². The Balaban J connectivity index is 1.80. The van der Waals surface area contributed by atoms with Crippen molar-refractivity contribution in [3.8, 4) is 0 Å². The number of carbonyl (C=O) groups is 2. The average Bonchev–Trinajstić information content (AvgIpc) is 3.27. The number of carbonyl (C=O) groups excluding carboxylic acids is 2. The van der Waals surface area contributed by atoms with Gasteiger partial charge in [-0.15, -0.1) is 0 Å². The highest BCUT2D eigenvalue weighted by Crippen LogP contribution is 2.37. The molecule has 3 rings (SSSR count). The van der Waals surface area contributed by atoms with Gasteiger partial charge in [0.1, 0.15) is 12.1 Å². The summed E-state index contributed by atoms with van der Waals surface area (Å²) in [6.07, 6.45) is 2.67. The van der Waals surface area contributed by atoms with Crippen molar-refractivity contribution in [2.24, 2.45) is 5.92 Å². The molecule has 2 amide bonds. The van der Waals surface area contributed by atoms with Crippen molar-refractivity contribution in [2.45, 2.75) is 51.2 Å². The fourth-order valence-electron chi connectivity index (χ4n) is 3.18. The summed E-state index contributed by atoms with van der Waals surface area (Å²) in [6.45, 7) is 3.98. The molecule has 21 heavy (non-hydrogen) atoms. The van der Waals surface area contributed by atoms with Crippen molar-refractivity contribution in [3.63, 3.8) is 0 Å². The Morgan fingerprint density at radius 1 is 1.19 bits per heavy atom. The molecule has 0 bridgehead atoms. The second-order valence-electron chi connectivity index (χ2n) is 6.37. The maximum absolute atomic E-state index is 12.8. The molecule has 0 radical (unpaired) electrons. The first kappa shape index (κ1) is 14.1. The lowest BCUT2D eigenvalue weighted by atomic mass is 9.97. The summed E-state index contributed by atoms with van der Waals surface area (Å²) in [7, 11) is 0. The molecule has 4 nitrogen and oxygen atoms in total. The zero-order valence-corrected chi connectivity index (χ0v) is 12.6. The molecule has 1 N–H and O–H groups in total. The zero-order valence-electron chi connectivity index (χ0n) is 12.6. The van der Waals surface area contributed by atoms with E-state index in [-0.39, 0.29) is 23.9 Å². The molecular weight excluding hydrogens is 264 g/mol. The highest BCUT2D eigenvalue weighted by molar-refractivity contribution is 5.97. The van der Waals surface area contributed by atoms with Gasteiger partial charge in [0.05, 0.1) is 0 Å². The third-order valence-electron chi connectivity index (χ3n) is 4.34. The van der Waals surface area contributed by atoms with Gasteiger partial charge in [-0.3, -0.25) is 9.59 Å². The van der Waals surface area contributed by atoms with Gasteiger partial charge in [-0.1, -0.05) is 30.3 Å². The molecule has 1 aliphatic carbocycles. The van der Waals surface area contributed by atoms with Crippen LogP contribution < -0.4 is 5.32 Å².